The second kappa shape index (κ2) is 5.66. The molecule has 2 heterocycles. The van der Waals surface area contributed by atoms with Crippen LogP contribution in [0.15, 0.2) is 35.4 Å². The fourth-order valence-corrected chi connectivity index (χ4v) is 3.60. The lowest BCUT2D eigenvalue weighted by molar-refractivity contribution is 0.0981. The van der Waals surface area contributed by atoms with Gasteiger partial charge in [-0.3, -0.25) is 4.79 Å². The van der Waals surface area contributed by atoms with Gasteiger partial charge in [-0.15, -0.1) is 11.8 Å². The summed E-state index contributed by atoms with van der Waals surface area (Å²) in [4.78, 5) is 23.9. The molecule has 3 rings (SSSR count). The summed E-state index contributed by atoms with van der Waals surface area (Å²) in [5.41, 5.74) is 1.18. The first kappa shape index (κ1) is 14.4. The predicted octanol–water partition coefficient (Wildman–Crippen LogP) is 3.58. The Kier molecular flexibility index (Phi) is 3.87. The minimum atomic E-state index is -0.176. The van der Waals surface area contributed by atoms with Gasteiger partial charge in [-0.05, 0) is 19.1 Å². The standard InChI is InChI=1S/C15H14ClN3OS/c1-9-8-19(12-5-3-4-6-13(12)21-9)15(20)14-11(16)7-17-10(2)18-14/h3-7,9H,8H2,1-2H3. The number of halogens is 1. The van der Waals surface area contributed by atoms with Gasteiger partial charge in [-0.1, -0.05) is 30.7 Å². The number of hydrogen-bond acceptors (Lipinski definition) is 4. The highest BCUT2D eigenvalue weighted by atomic mass is 35.5. The fourth-order valence-electron chi connectivity index (χ4n) is 2.31. The van der Waals surface area contributed by atoms with E-state index in [-0.39, 0.29) is 16.6 Å². The van der Waals surface area contributed by atoms with Crippen LogP contribution in [0, 0.1) is 6.92 Å². The highest BCUT2D eigenvalue weighted by Crippen LogP contribution is 2.38. The van der Waals surface area contributed by atoms with Gasteiger partial charge in [0.1, 0.15) is 5.82 Å². The molecule has 2 aromatic rings. The highest BCUT2D eigenvalue weighted by Gasteiger charge is 2.29. The summed E-state index contributed by atoms with van der Waals surface area (Å²) in [6, 6.07) is 7.90. The first-order valence-corrected chi connectivity index (χ1v) is 7.88. The van der Waals surface area contributed by atoms with Crippen molar-refractivity contribution < 1.29 is 4.79 Å². The number of amides is 1. The Labute approximate surface area is 132 Å². The molecule has 0 fully saturated rings. The van der Waals surface area contributed by atoms with Crippen LogP contribution in [0.1, 0.15) is 23.2 Å². The highest BCUT2D eigenvalue weighted by molar-refractivity contribution is 8.00. The molecule has 0 saturated carbocycles. The number of carbonyl (C=O) groups excluding carboxylic acids is 1. The maximum Gasteiger partial charge on any atom is 0.278 e. The number of thioether (sulfide) groups is 1. The number of anilines is 1. The Balaban J connectivity index is 2.04. The van der Waals surface area contributed by atoms with E-state index in [4.69, 9.17) is 11.6 Å². The van der Waals surface area contributed by atoms with Crippen LogP contribution in [0.3, 0.4) is 0 Å². The lowest BCUT2D eigenvalue weighted by Crippen LogP contribution is -2.39. The van der Waals surface area contributed by atoms with E-state index in [1.165, 1.54) is 6.20 Å². The SMILES string of the molecule is Cc1ncc(Cl)c(C(=O)N2CC(C)Sc3ccccc32)n1. The number of aryl methyl sites for hydroxylation is 1. The first-order chi connectivity index (χ1) is 10.1. The first-order valence-electron chi connectivity index (χ1n) is 6.63. The van der Waals surface area contributed by atoms with Gasteiger partial charge in [0.05, 0.1) is 16.9 Å². The van der Waals surface area contributed by atoms with Gasteiger partial charge >= 0.3 is 0 Å². The lowest BCUT2D eigenvalue weighted by Gasteiger charge is -2.32. The van der Waals surface area contributed by atoms with Gasteiger partial charge in [0.2, 0.25) is 0 Å². The topological polar surface area (TPSA) is 46.1 Å². The van der Waals surface area contributed by atoms with Crippen molar-refractivity contribution >= 4 is 35.0 Å². The monoisotopic (exact) mass is 319 g/mol. The Morgan fingerprint density at radius 2 is 2.19 bits per heavy atom. The quantitative estimate of drug-likeness (QED) is 0.806. The average Bonchev–Trinajstić information content (AvgIpc) is 2.48. The van der Waals surface area contributed by atoms with Gasteiger partial charge in [0.15, 0.2) is 5.69 Å². The second-order valence-corrected chi connectivity index (χ2v) is 6.81. The number of hydrogen-bond donors (Lipinski definition) is 0. The number of benzene rings is 1. The average molecular weight is 320 g/mol. The van der Waals surface area contributed by atoms with E-state index in [2.05, 4.69) is 16.9 Å². The smallest absolute Gasteiger partial charge is 0.278 e. The fraction of sp³-hybridized carbons (Fsp3) is 0.267. The summed E-state index contributed by atoms with van der Waals surface area (Å²) in [6.45, 7) is 4.49. The van der Waals surface area contributed by atoms with E-state index >= 15 is 0 Å². The molecular formula is C15H14ClN3OS. The summed E-state index contributed by atoms with van der Waals surface area (Å²) >= 11 is 7.87. The minimum absolute atomic E-state index is 0.176. The van der Waals surface area contributed by atoms with Crippen LogP contribution in [0.25, 0.3) is 0 Å². The molecule has 1 aliphatic heterocycles. The van der Waals surface area contributed by atoms with E-state index in [1.807, 2.05) is 24.3 Å². The largest absolute Gasteiger partial charge is 0.305 e. The normalized spacial score (nSPS) is 17.5. The van der Waals surface area contributed by atoms with Gasteiger partial charge in [0, 0.05) is 16.7 Å². The van der Waals surface area contributed by atoms with E-state index in [0.717, 1.165) is 10.6 Å². The van der Waals surface area contributed by atoms with E-state index in [0.29, 0.717) is 17.6 Å². The number of fused-ring (bicyclic) bond motifs is 1. The van der Waals surface area contributed by atoms with Crippen LogP contribution < -0.4 is 4.90 Å². The number of nitrogens with zero attached hydrogens (tertiary/aromatic N) is 3. The van der Waals surface area contributed by atoms with Crippen LogP contribution in [-0.4, -0.2) is 27.7 Å². The number of para-hydroxylation sites is 1. The van der Waals surface area contributed by atoms with Crippen molar-refractivity contribution in [1.82, 2.24) is 9.97 Å². The zero-order chi connectivity index (χ0) is 15.0. The predicted molar refractivity (Wildman–Crippen MR) is 85.2 cm³/mol. The molecule has 1 aromatic carbocycles. The Morgan fingerprint density at radius 1 is 1.43 bits per heavy atom. The van der Waals surface area contributed by atoms with Gasteiger partial charge in [-0.25, -0.2) is 9.97 Å². The molecule has 1 unspecified atom stereocenters. The summed E-state index contributed by atoms with van der Waals surface area (Å²) in [5.74, 6) is 0.362. The van der Waals surface area contributed by atoms with Crippen LogP contribution in [-0.2, 0) is 0 Å². The molecule has 108 valence electrons. The van der Waals surface area contributed by atoms with E-state index < -0.39 is 0 Å². The van der Waals surface area contributed by atoms with Crippen molar-refractivity contribution in [2.45, 2.75) is 24.0 Å². The van der Waals surface area contributed by atoms with Gasteiger partial charge < -0.3 is 4.90 Å². The Morgan fingerprint density at radius 3 is 3.00 bits per heavy atom. The molecule has 0 saturated heterocycles. The molecule has 1 aromatic heterocycles. The zero-order valence-electron chi connectivity index (χ0n) is 11.7. The second-order valence-electron chi connectivity index (χ2n) is 4.93. The summed E-state index contributed by atoms with van der Waals surface area (Å²) in [6.07, 6.45) is 1.48. The molecule has 1 aliphatic rings. The number of carbonyl (C=O) groups is 1. The zero-order valence-corrected chi connectivity index (χ0v) is 13.3. The summed E-state index contributed by atoms with van der Waals surface area (Å²) < 4.78 is 0. The van der Waals surface area contributed by atoms with Gasteiger partial charge in [-0.2, -0.15) is 0 Å². The van der Waals surface area contributed by atoms with Crippen LogP contribution >= 0.6 is 23.4 Å². The molecule has 0 radical (unpaired) electrons. The third-order valence-corrected chi connectivity index (χ3v) is 4.66. The van der Waals surface area contributed by atoms with Crippen LogP contribution in [0.5, 0.6) is 0 Å². The van der Waals surface area contributed by atoms with Crippen molar-refractivity contribution in [2.75, 3.05) is 11.4 Å². The molecule has 4 nitrogen and oxygen atoms in total. The molecule has 0 spiro atoms. The third kappa shape index (κ3) is 2.76. The van der Waals surface area contributed by atoms with Crippen molar-refractivity contribution in [3.05, 3.63) is 47.0 Å². The van der Waals surface area contributed by atoms with Gasteiger partial charge in [0.25, 0.3) is 5.91 Å². The molecular weight excluding hydrogens is 306 g/mol. The summed E-state index contributed by atoms with van der Waals surface area (Å²) in [7, 11) is 0. The van der Waals surface area contributed by atoms with Crippen molar-refractivity contribution in [3.8, 4) is 0 Å². The molecule has 0 aliphatic carbocycles. The van der Waals surface area contributed by atoms with Crippen LogP contribution in [0.2, 0.25) is 5.02 Å². The third-order valence-electron chi connectivity index (χ3n) is 3.24. The number of aromatic nitrogens is 2. The molecule has 6 heteroatoms. The minimum Gasteiger partial charge on any atom is -0.305 e. The van der Waals surface area contributed by atoms with E-state index in [9.17, 15) is 4.79 Å². The Hall–Kier alpha value is -1.59. The Bertz CT molecular complexity index is 707. The van der Waals surface area contributed by atoms with Crippen molar-refractivity contribution in [1.29, 1.82) is 0 Å². The van der Waals surface area contributed by atoms with E-state index in [1.54, 1.807) is 23.6 Å². The maximum atomic E-state index is 12.8. The maximum absolute atomic E-state index is 12.8. The lowest BCUT2D eigenvalue weighted by atomic mass is 10.2. The molecule has 1 atom stereocenters. The molecule has 0 bridgehead atoms. The molecule has 21 heavy (non-hydrogen) atoms. The molecule has 1 amide bonds. The summed E-state index contributed by atoms with van der Waals surface area (Å²) in [5, 5.41) is 0.611. The molecule has 0 N–H and O–H groups in total. The number of rotatable bonds is 1. The van der Waals surface area contributed by atoms with Crippen LogP contribution in [0.4, 0.5) is 5.69 Å². The van der Waals surface area contributed by atoms with Crippen molar-refractivity contribution in [3.63, 3.8) is 0 Å². The van der Waals surface area contributed by atoms with Crippen molar-refractivity contribution in [2.24, 2.45) is 0 Å².